The largest absolute Gasteiger partial charge is 0.459 e. The zero-order valence-electron chi connectivity index (χ0n) is 22.0. The van der Waals surface area contributed by atoms with Crippen molar-refractivity contribution in [2.75, 3.05) is 19.6 Å². The first-order valence-electron chi connectivity index (χ1n) is 12.0. The molecule has 2 heterocycles. The van der Waals surface area contributed by atoms with E-state index in [1.54, 1.807) is 32.2 Å². The maximum absolute atomic E-state index is 13.6. The molecule has 3 rings (SSSR count). The first-order valence-corrected chi connectivity index (χ1v) is 14.1. The van der Waals surface area contributed by atoms with E-state index in [1.165, 1.54) is 28.4 Å². The Morgan fingerprint density at radius 3 is 2.39 bits per heavy atom. The SMILES string of the molecule is CC(C)(C)OC(=O)CNC(=O)CNC(=O)CCN1C(=O)/C(=C/c2cc(-c3ccc(F)c(C(F)(F)F)c3)cs2)SC1=S. The lowest BCUT2D eigenvalue weighted by Gasteiger charge is -2.19. The van der Waals surface area contributed by atoms with Crippen molar-refractivity contribution in [3.05, 3.63) is 50.8 Å². The van der Waals surface area contributed by atoms with Crippen LogP contribution in [0.2, 0.25) is 0 Å². The van der Waals surface area contributed by atoms with Crippen LogP contribution in [0.15, 0.2) is 34.6 Å². The molecule has 0 saturated carbocycles. The number of amides is 3. The summed E-state index contributed by atoms with van der Waals surface area (Å²) < 4.78 is 58.1. The average molecular weight is 632 g/mol. The molecule has 0 aliphatic carbocycles. The second-order valence-electron chi connectivity index (χ2n) is 9.65. The highest BCUT2D eigenvalue weighted by atomic mass is 32.2. The molecular weight excluding hydrogens is 606 g/mol. The van der Waals surface area contributed by atoms with Gasteiger partial charge in [0, 0.05) is 17.8 Å². The zero-order chi connectivity index (χ0) is 30.5. The van der Waals surface area contributed by atoms with Crippen LogP contribution in [0.25, 0.3) is 17.2 Å². The van der Waals surface area contributed by atoms with Gasteiger partial charge >= 0.3 is 12.1 Å². The number of rotatable bonds is 9. The van der Waals surface area contributed by atoms with Gasteiger partial charge in [0.05, 0.1) is 17.0 Å². The van der Waals surface area contributed by atoms with Crippen molar-refractivity contribution in [2.24, 2.45) is 0 Å². The van der Waals surface area contributed by atoms with E-state index in [1.807, 2.05) is 0 Å². The number of thiophene rings is 1. The van der Waals surface area contributed by atoms with Crippen LogP contribution in [-0.4, -0.2) is 58.1 Å². The number of thiocarbonyl (C=S) groups is 1. The summed E-state index contributed by atoms with van der Waals surface area (Å²) in [4.78, 5) is 50.6. The van der Waals surface area contributed by atoms with Crippen molar-refractivity contribution < 1.29 is 41.5 Å². The molecule has 2 N–H and O–H groups in total. The van der Waals surface area contributed by atoms with Crippen molar-refractivity contribution in [2.45, 2.75) is 39.0 Å². The molecule has 1 aromatic carbocycles. The molecule has 1 fully saturated rings. The van der Waals surface area contributed by atoms with Crippen molar-refractivity contribution in [1.29, 1.82) is 0 Å². The molecule has 0 spiro atoms. The quantitative estimate of drug-likeness (QED) is 0.178. The molecule has 0 unspecified atom stereocenters. The lowest BCUT2D eigenvalue weighted by Crippen LogP contribution is -2.41. The summed E-state index contributed by atoms with van der Waals surface area (Å²) in [7, 11) is 0. The third kappa shape index (κ3) is 9.36. The molecule has 0 radical (unpaired) electrons. The van der Waals surface area contributed by atoms with E-state index < -0.39 is 46.8 Å². The molecule has 1 aliphatic rings. The van der Waals surface area contributed by atoms with Crippen LogP contribution in [0.4, 0.5) is 17.6 Å². The number of nitrogens with zero attached hydrogens (tertiary/aromatic N) is 1. The van der Waals surface area contributed by atoms with E-state index in [0.717, 1.165) is 23.9 Å². The minimum absolute atomic E-state index is 0.0428. The molecule has 8 nitrogen and oxygen atoms in total. The van der Waals surface area contributed by atoms with Gasteiger partial charge in [-0.25, -0.2) is 4.39 Å². The number of carbonyl (C=O) groups is 4. The van der Waals surface area contributed by atoms with Gasteiger partial charge in [0.2, 0.25) is 11.8 Å². The number of hydrogen-bond donors (Lipinski definition) is 2. The number of hydrogen-bond acceptors (Lipinski definition) is 8. The van der Waals surface area contributed by atoms with Crippen LogP contribution < -0.4 is 10.6 Å². The zero-order valence-corrected chi connectivity index (χ0v) is 24.5. The lowest BCUT2D eigenvalue weighted by atomic mass is 10.0. The van der Waals surface area contributed by atoms with Gasteiger partial charge in [-0.05, 0) is 61.6 Å². The monoisotopic (exact) mass is 631 g/mol. The highest BCUT2D eigenvalue weighted by molar-refractivity contribution is 8.26. The number of ether oxygens (including phenoxy) is 1. The topological polar surface area (TPSA) is 105 Å². The fourth-order valence-electron chi connectivity index (χ4n) is 3.42. The summed E-state index contributed by atoms with van der Waals surface area (Å²) >= 11 is 7.45. The van der Waals surface area contributed by atoms with Crippen LogP contribution >= 0.6 is 35.3 Å². The highest BCUT2D eigenvalue weighted by Gasteiger charge is 2.35. The Balaban J connectivity index is 1.52. The molecule has 1 saturated heterocycles. The second kappa shape index (κ2) is 13.1. The number of halogens is 4. The molecule has 41 heavy (non-hydrogen) atoms. The molecule has 220 valence electrons. The molecule has 1 aromatic heterocycles. The summed E-state index contributed by atoms with van der Waals surface area (Å²) in [6, 6.07) is 4.31. The summed E-state index contributed by atoms with van der Waals surface area (Å²) in [6.07, 6.45) is -3.44. The molecular formula is C26H25F4N3O5S3. The number of thioether (sulfide) groups is 1. The molecule has 0 bridgehead atoms. The Labute approximate surface area is 246 Å². The first-order chi connectivity index (χ1) is 19.0. The molecule has 2 aromatic rings. The van der Waals surface area contributed by atoms with Crippen LogP contribution in [0.1, 0.15) is 37.6 Å². The second-order valence-corrected chi connectivity index (χ2v) is 12.3. The Hall–Kier alpha value is -3.30. The normalized spacial score (nSPS) is 14.9. The Kier molecular flexibility index (Phi) is 10.3. The van der Waals surface area contributed by atoms with E-state index in [4.69, 9.17) is 17.0 Å². The molecule has 15 heteroatoms. The highest BCUT2D eigenvalue weighted by Crippen LogP contribution is 2.37. The third-order valence-corrected chi connectivity index (χ3v) is 7.49. The molecule has 3 amide bonds. The van der Waals surface area contributed by atoms with Gasteiger partial charge < -0.3 is 15.4 Å². The summed E-state index contributed by atoms with van der Waals surface area (Å²) in [5, 5.41) is 6.32. The Morgan fingerprint density at radius 1 is 1.05 bits per heavy atom. The van der Waals surface area contributed by atoms with E-state index in [9.17, 15) is 36.7 Å². The van der Waals surface area contributed by atoms with Gasteiger partial charge in [0.15, 0.2) is 0 Å². The summed E-state index contributed by atoms with van der Waals surface area (Å²) in [5.41, 5.74) is -1.47. The van der Waals surface area contributed by atoms with Gasteiger partial charge in [-0.1, -0.05) is 30.0 Å². The molecule has 0 atom stereocenters. The van der Waals surface area contributed by atoms with Gasteiger partial charge in [-0.3, -0.25) is 24.1 Å². The number of nitrogens with one attached hydrogen (secondary N) is 2. The van der Waals surface area contributed by atoms with Crippen LogP contribution in [0.3, 0.4) is 0 Å². The minimum Gasteiger partial charge on any atom is -0.459 e. The maximum Gasteiger partial charge on any atom is 0.419 e. The number of alkyl halides is 3. The van der Waals surface area contributed by atoms with E-state index >= 15 is 0 Å². The predicted octanol–water partition coefficient (Wildman–Crippen LogP) is 4.74. The van der Waals surface area contributed by atoms with Crippen molar-refractivity contribution in [3.8, 4) is 11.1 Å². The fourth-order valence-corrected chi connectivity index (χ4v) is 5.64. The van der Waals surface area contributed by atoms with Crippen LogP contribution in [0, 0.1) is 5.82 Å². The standard InChI is InChI=1S/C26H25F4N3O5S3/c1-25(2,3)38-22(36)12-32-21(35)11-31-20(34)6-7-33-23(37)19(41-24(33)39)10-16-8-15(13-40-16)14-4-5-18(27)17(9-14)26(28,29)30/h4-5,8-10,13H,6-7,11-12H2,1-3H3,(H,31,34)(H,32,35)/b19-10-. The van der Waals surface area contributed by atoms with Crippen molar-refractivity contribution in [1.82, 2.24) is 15.5 Å². The van der Waals surface area contributed by atoms with Gasteiger partial charge in [-0.15, -0.1) is 11.3 Å². The smallest absolute Gasteiger partial charge is 0.419 e. The van der Waals surface area contributed by atoms with E-state index in [2.05, 4.69) is 10.6 Å². The Bertz CT molecular complexity index is 1400. The predicted molar refractivity (Wildman–Crippen MR) is 151 cm³/mol. The van der Waals surface area contributed by atoms with Gasteiger partial charge in [0.1, 0.15) is 22.3 Å². The van der Waals surface area contributed by atoms with Gasteiger partial charge in [0.25, 0.3) is 5.91 Å². The van der Waals surface area contributed by atoms with Gasteiger partial charge in [-0.2, -0.15) is 13.2 Å². The van der Waals surface area contributed by atoms with Crippen molar-refractivity contribution >= 4 is 69.4 Å². The van der Waals surface area contributed by atoms with E-state index in [0.29, 0.717) is 10.4 Å². The Morgan fingerprint density at radius 2 is 1.73 bits per heavy atom. The molecule has 1 aliphatic heterocycles. The minimum atomic E-state index is -4.84. The average Bonchev–Trinajstić information content (AvgIpc) is 3.42. The fraction of sp³-hybridized carbons (Fsp3) is 0.346. The third-order valence-electron chi connectivity index (χ3n) is 5.23. The number of esters is 1. The first kappa shape index (κ1) is 32.2. The lowest BCUT2D eigenvalue weighted by molar-refractivity contribution is -0.154. The maximum atomic E-state index is 13.6. The number of benzene rings is 1. The number of carbonyl (C=O) groups excluding carboxylic acids is 4. The summed E-state index contributed by atoms with van der Waals surface area (Å²) in [6.45, 7) is 4.30. The van der Waals surface area contributed by atoms with Crippen LogP contribution in [0.5, 0.6) is 0 Å². The summed E-state index contributed by atoms with van der Waals surface area (Å²) in [5.74, 6) is -3.54. The van der Waals surface area contributed by atoms with Crippen molar-refractivity contribution in [3.63, 3.8) is 0 Å². The van der Waals surface area contributed by atoms with Crippen LogP contribution in [-0.2, 0) is 30.1 Å². The van der Waals surface area contributed by atoms with E-state index in [-0.39, 0.29) is 40.8 Å².